The molecule has 0 aromatic rings. The first-order valence-electron chi connectivity index (χ1n) is 10.2. The molecule has 0 bridgehead atoms. The van der Waals surface area contributed by atoms with Crippen molar-refractivity contribution in [2.45, 2.75) is 79.1 Å². The van der Waals surface area contributed by atoms with Crippen LogP contribution in [0.4, 0.5) is 9.59 Å². The van der Waals surface area contributed by atoms with E-state index in [0.717, 1.165) is 7.11 Å². The van der Waals surface area contributed by atoms with Crippen LogP contribution in [0.25, 0.3) is 0 Å². The monoisotopic (exact) mass is 481 g/mol. The van der Waals surface area contributed by atoms with Crippen LogP contribution in [0, 0.1) is 0 Å². The summed E-state index contributed by atoms with van der Waals surface area (Å²) >= 11 is 0. The molecule has 0 aliphatic heterocycles. The van der Waals surface area contributed by atoms with Crippen molar-refractivity contribution < 1.29 is 47.0 Å². The van der Waals surface area contributed by atoms with E-state index in [1.807, 2.05) is 0 Å². The highest BCUT2D eigenvalue weighted by Crippen LogP contribution is 2.48. The molecule has 0 N–H and O–H groups in total. The first-order valence-corrected chi connectivity index (χ1v) is 11.9. The average Bonchev–Trinajstić information content (AvgIpc) is 2.57. The Morgan fingerprint density at radius 2 is 1.25 bits per heavy atom. The van der Waals surface area contributed by atoms with Gasteiger partial charge in [0.1, 0.15) is 23.1 Å². The number of ether oxygens (including phenoxy) is 3. The summed E-state index contributed by atoms with van der Waals surface area (Å²) in [7, 11) is -2.73. The summed E-state index contributed by atoms with van der Waals surface area (Å²) in [6, 6.07) is -1.71. The SMILES string of the molecule is CCOP(=O)(CC(=O)C[C@@H](C(=O)OC)N(C(=O)OC(C)(C)C)C(=O)OC(C)(C)C)OCC. The van der Waals surface area contributed by atoms with Gasteiger partial charge in [-0.1, -0.05) is 0 Å². The Labute approximate surface area is 189 Å². The van der Waals surface area contributed by atoms with Crippen molar-refractivity contribution in [1.82, 2.24) is 4.90 Å². The van der Waals surface area contributed by atoms with Gasteiger partial charge in [-0.2, -0.15) is 4.90 Å². The second kappa shape index (κ2) is 12.3. The zero-order valence-electron chi connectivity index (χ0n) is 20.4. The molecule has 0 aliphatic rings. The Morgan fingerprint density at radius 1 is 0.844 bits per heavy atom. The molecule has 2 amide bonds. The molecule has 32 heavy (non-hydrogen) atoms. The summed E-state index contributed by atoms with van der Waals surface area (Å²) in [5.41, 5.74) is -2.02. The lowest BCUT2D eigenvalue weighted by atomic mass is 10.1. The average molecular weight is 481 g/mol. The summed E-state index contributed by atoms with van der Waals surface area (Å²) in [4.78, 5) is 51.2. The predicted octanol–water partition coefficient (Wildman–Crippen LogP) is 3.93. The molecule has 0 saturated carbocycles. The number of imide groups is 1. The molecule has 0 aromatic carbocycles. The number of ketones is 1. The lowest BCUT2D eigenvalue weighted by molar-refractivity contribution is -0.148. The van der Waals surface area contributed by atoms with Crippen molar-refractivity contribution in [3.63, 3.8) is 0 Å². The summed E-state index contributed by atoms with van der Waals surface area (Å²) in [5, 5.41) is 0. The number of hydrogen-bond donors (Lipinski definition) is 0. The van der Waals surface area contributed by atoms with E-state index in [1.54, 1.807) is 55.4 Å². The Morgan fingerprint density at radius 3 is 1.56 bits per heavy atom. The number of nitrogens with zero attached hydrogens (tertiary/aromatic N) is 1. The second-order valence-corrected chi connectivity index (χ2v) is 10.8. The number of hydrogen-bond acceptors (Lipinski definition) is 10. The van der Waals surface area contributed by atoms with Crippen LogP contribution >= 0.6 is 7.60 Å². The molecule has 186 valence electrons. The highest BCUT2D eigenvalue weighted by molar-refractivity contribution is 7.54. The zero-order valence-corrected chi connectivity index (χ0v) is 21.3. The third-order valence-electron chi connectivity index (χ3n) is 3.41. The van der Waals surface area contributed by atoms with Gasteiger partial charge in [0, 0.05) is 6.42 Å². The maximum absolute atomic E-state index is 12.8. The number of esters is 1. The third kappa shape index (κ3) is 11.1. The molecule has 0 aliphatic carbocycles. The van der Waals surface area contributed by atoms with E-state index >= 15 is 0 Å². The minimum Gasteiger partial charge on any atom is -0.467 e. The topological polar surface area (TPSA) is 135 Å². The van der Waals surface area contributed by atoms with Gasteiger partial charge in [-0.15, -0.1) is 0 Å². The molecule has 0 heterocycles. The Hall–Kier alpha value is -1.97. The van der Waals surface area contributed by atoms with Crippen LogP contribution in [0.15, 0.2) is 0 Å². The van der Waals surface area contributed by atoms with Gasteiger partial charge >= 0.3 is 25.8 Å². The van der Waals surface area contributed by atoms with Crippen LogP contribution in [-0.4, -0.2) is 72.6 Å². The standard InChI is InChI=1S/C20H36NO10P/c1-10-28-32(26,29-11-2)13-14(22)12-15(16(23)27-9)21(17(24)30-19(3,4)5)18(25)31-20(6,7)8/h15H,10-13H2,1-9H3/t15-/m0/s1. The van der Waals surface area contributed by atoms with Crippen molar-refractivity contribution in [3.05, 3.63) is 0 Å². The van der Waals surface area contributed by atoms with Crippen molar-refractivity contribution in [2.24, 2.45) is 0 Å². The molecule has 0 radical (unpaired) electrons. The number of Topliss-reactive ketones (excluding diaryl/α,β-unsaturated/α-hetero) is 1. The molecule has 1 atom stereocenters. The Kier molecular flexibility index (Phi) is 11.6. The van der Waals surface area contributed by atoms with Gasteiger partial charge in [0.05, 0.1) is 20.3 Å². The summed E-state index contributed by atoms with van der Waals surface area (Å²) < 4.78 is 38.0. The maximum Gasteiger partial charge on any atom is 0.420 e. The van der Waals surface area contributed by atoms with Crippen LogP contribution in [0.5, 0.6) is 0 Å². The number of methoxy groups -OCH3 is 1. The smallest absolute Gasteiger partial charge is 0.420 e. The van der Waals surface area contributed by atoms with Gasteiger partial charge in [-0.3, -0.25) is 9.36 Å². The minimum absolute atomic E-state index is 0.0347. The van der Waals surface area contributed by atoms with E-state index in [9.17, 15) is 23.7 Å². The van der Waals surface area contributed by atoms with E-state index in [-0.39, 0.29) is 13.2 Å². The van der Waals surface area contributed by atoms with Crippen LogP contribution in [-0.2, 0) is 37.4 Å². The second-order valence-electron chi connectivity index (χ2n) is 8.72. The number of rotatable bonds is 10. The van der Waals surface area contributed by atoms with Crippen molar-refractivity contribution in [3.8, 4) is 0 Å². The van der Waals surface area contributed by atoms with Gasteiger partial charge in [0.2, 0.25) is 0 Å². The van der Waals surface area contributed by atoms with Crippen molar-refractivity contribution in [2.75, 3.05) is 26.5 Å². The number of amides is 2. The molecule has 0 fully saturated rings. The molecule has 11 nitrogen and oxygen atoms in total. The van der Waals surface area contributed by atoms with E-state index in [4.69, 9.17) is 23.3 Å². The van der Waals surface area contributed by atoms with Gasteiger partial charge in [0.15, 0.2) is 6.04 Å². The van der Waals surface area contributed by atoms with Gasteiger partial charge in [-0.25, -0.2) is 14.4 Å². The third-order valence-corrected chi connectivity index (χ3v) is 5.45. The Bertz CT molecular complexity index is 685. The van der Waals surface area contributed by atoms with E-state index in [1.165, 1.54) is 0 Å². The van der Waals surface area contributed by atoms with Crippen LogP contribution < -0.4 is 0 Å². The summed E-state index contributed by atoms with van der Waals surface area (Å²) in [6.07, 6.45) is -3.76. The van der Waals surface area contributed by atoms with Gasteiger partial charge in [0.25, 0.3) is 0 Å². The lowest BCUT2D eigenvalue weighted by Crippen LogP contribution is -2.53. The fraction of sp³-hybridized carbons (Fsp3) is 0.800. The summed E-state index contributed by atoms with van der Waals surface area (Å²) in [5.74, 6) is -1.81. The quantitative estimate of drug-likeness (QED) is 0.256. The van der Waals surface area contributed by atoms with Crippen molar-refractivity contribution >= 4 is 31.5 Å². The maximum atomic E-state index is 12.8. The molecular formula is C20H36NO10P. The Balaban J connectivity index is 6.05. The molecule has 0 aromatic heterocycles. The first kappa shape index (κ1) is 30.0. The molecule has 12 heteroatoms. The van der Waals surface area contributed by atoms with E-state index in [2.05, 4.69) is 0 Å². The molecule has 0 spiro atoms. The molecule has 0 rings (SSSR count). The first-order chi connectivity index (χ1) is 14.5. The lowest BCUT2D eigenvalue weighted by Gasteiger charge is -2.32. The fourth-order valence-corrected chi connectivity index (χ4v) is 3.99. The van der Waals surface area contributed by atoms with Crippen molar-refractivity contribution in [1.29, 1.82) is 0 Å². The fourth-order valence-electron chi connectivity index (χ4n) is 2.39. The van der Waals surface area contributed by atoms with Gasteiger partial charge in [-0.05, 0) is 55.4 Å². The van der Waals surface area contributed by atoms with E-state index in [0.29, 0.717) is 4.90 Å². The molecule has 0 saturated heterocycles. The zero-order chi connectivity index (χ0) is 25.3. The number of carbonyl (C=O) groups excluding carboxylic acids is 4. The highest BCUT2D eigenvalue weighted by Gasteiger charge is 2.43. The number of carbonyl (C=O) groups is 4. The predicted molar refractivity (Wildman–Crippen MR) is 115 cm³/mol. The van der Waals surface area contributed by atoms with Crippen LogP contribution in [0.2, 0.25) is 0 Å². The largest absolute Gasteiger partial charge is 0.467 e. The molecular weight excluding hydrogens is 445 g/mol. The van der Waals surface area contributed by atoms with Crippen LogP contribution in [0.3, 0.4) is 0 Å². The highest BCUT2D eigenvalue weighted by atomic mass is 31.2. The summed E-state index contributed by atoms with van der Waals surface area (Å²) in [6.45, 7) is 12.6. The van der Waals surface area contributed by atoms with Gasteiger partial charge < -0.3 is 23.3 Å². The van der Waals surface area contributed by atoms with E-state index < -0.39 is 61.4 Å². The minimum atomic E-state index is -3.77. The van der Waals surface area contributed by atoms with Crippen LogP contribution in [0.1, 0.15) is 61.8 Å². The molecule has 0 unspecified atom stereocenters. The normalized spacial score (nSPS) is 13.2.